The van der Waals surface area contributed by atoms with Crippen molar-refractivity contribution in [2.75, 3.05) is 0 Å². The second kappa shape index (κ2) is 4.33. The lowest BCUT2D eigenvalue weighted by Crippen LogP contribution is -2.02. The Labute approximate surface area is 77.2 Å². The molecular formula is C9H11ClNO-. The Morgan fingerprint density at radius 3 is 2.92 bits per heavy atom. The maximum atomic E-state index is 10.4. The van der Waals surface area contributed by atoms with E-state index in [1.807, 2.05) is 5.48 Å². The first-order valence-corrected chi connectivity index (χ1v) is 4.26. The topological polar surface area (TPSA) is 35.1 Å². The lowest BCUT2D eigenvalue weighted by atomic mass is 10.2. The van der Waals surface area contributed by atoms with Crippen LogP contribution in [0.4, 0.5) is 0 Å². The molecule has 12 heavy (non-hydrogen) atoms. The first-order valence-electron chi connectivity index (χ1n) is 3.88. The molecule has 3 heteroatoms. The number of nitrogens with one attached hydrogen (secondary N) is 1. The minimum Gasteiger partial charge on any atom is -0.761 e. The van der Waals surface area contributed by atoms with Crippen LogP contribution in [-0.4, -0.2) is 0 Å². The molecule has 0 aromatic rings. The summed E-state index contributed by atoms with van der Waals surface area (Å²) in [6, 6.07) is 0. The van der Waals surface area contributed by atoms with Gasteiger partial charge in [0.15, 0.2) is 0 Å². The molecule has 0 amide bonds. The summed E-state index contributed by atoms with van der Waals surface area (Å²) in [4.78, 5) is 0. The molecule has 0 radical (unpaired) electrons. The Morgan fingerprint density at radius 1 is 1.58 bits per heavy atom. The Hall–Kier alpha value is -0.730. The Morgan fingerprint density at radius 2 is 2.33 bits per heavy atom. The second-order valence-electron chi connectivity index (χ2n) is 2.66. The standard InChI is InChI=1S/C9H11ClNO/c1-2-4-8(10)7-5-3-6-9(7)11-12/h2,4,11H,1,3,5-6H2/q-1/b8-4+. The fourth-order valence-electron chi connectivity index (χ4n) is 1.32. The van der Waals surface area contributed by atoms with Gasteiger partial charge >= 0.3 is 0 Å². The van der Waals surface area contributed by atoms with Gasteiger partial charge < -0.3 is 10.7 Å². The van der Waals surface area contributed by atoms with E-state index in [0.717, 1.165) is 30.5 Å². The number of hydroxylamine groups is 1. The Bertz CT molecular complexity index is 243. The Kier molecular flexibility index (Phi) is 3.38. The molecule has 2 nitrogen and oxygen atoms in total. The van der Waals surface area contributed by atoms with Crippen molar-refractivity contribution >= 4 is 11.6 Å². The van der Waals surface area contributed by atoms with Crippen molar-refractivity contribution in [3.8, 4) is 0 Å². The van der Waals surface area contributed by atoms with Crippen LogP contribution in [0.2, 0.25) is 0 Å². The quantitative estimate of drug-likeness (QED) is 0.541. The summed E-state index contributed by atoms with van der Waals surface area (Å²) < 4.78 is 0. The summed E-state index contributed by atoms with van der Waals surface area (Å²) in [6.45, 7) is 3.54. The molecule has 66 valence electrons. The van der Waals surface area contributed by atoms with E-state index in [1.165, 1.54) is 0 Å². The number of hydrogen-bond donors (Lipinski definition) is 1. The van der Waals surface area contributed by atoms with Gasteiger partial charge in [-0.05, 0) is 30.9 Å². The Balaban J connectivity index is 2.85. The molecule has 0 unspecified atom stereocenters. The van der Waals surface area contributed by atoms with Gasteiger partial charge in [0.2, 0.25) is 0 Å². The van der Waals surface area contributed by atoms with E-state index >= 15 is 0 Å². The third-order valence-electron chi connectivity index (χ3n) is 1.89. The monoisotopic (exact) mass is 184 g/mol. The smallest absolute Gasteiger partial charge is 0.0454 e. The van der Waals surface area contributed by atoms with Crippen LogP contribution in [0, 0.1) is 5.21 Å². The van der Waals surface area contributed by atoms with Crippen molar-refractivity contribution in [1.29, 1.82) is 0 Å². The summed E-state index contributed by atoms with van der Waals surface area (Å²) in [5.74, 6) is 0. The van der Waals surface area contributed by atoms with Crippen LogP contribution in [0.3, 0.4) is 0 Å². The maximum absolute atomic E-state index is 10.4. The van der Waals surface area contributed by atoms with Gasteiger partial charge in [-0.3, -0.25) is 0 Å². The van der Waals surface area contributed by atoms with Gasteiger partial charge in [0.1, 0.15) is 0 Å². The van der Waals surface area contributed by atoms with Gasteiger partial charge in [0.05, 0.1) is 0 Å². The van der Waals surface area contributed by atoms with E-state index < -0.39 is 0 Å². The van der Waals surface area contributed by atoms with Gasteiger partial charge in [0, 0.05) is 10.7 Å². The number of hydrogen-bond acceptors (Lipinski definition) is 2. The molecule has 0 fully saturated rings. The molecule has 0 saturated carbocycles. The second-order valence-corrected chi connectivity index (χ2v) is 3.07. The molecule has 0 atom stereocenters. The summed E-state index contributed by atoms with van der Waals surface area (Å²) >= 11 is 5.91. The van der Waals surface area contributed by atoms with E-state index in [-0.39, 0.29) is 0 Å². The van der Waals surface area contributed by atoms with Crippen molar-refractivity contribution in [2.24, 2.45) is 0 Å². The molecule has 0 saturated heterocycles. The van der Waals surface area contributed by atoms with Gasteiger partial charge in [0.25, 0.3) is 0 Å². The fourth-order valence-corrected chi connectivity index (χ4v) is 1.62. The zero-order chi connectivity index (χ0) is 8.97. The van der Waals surface area contributed by atoms with Crippen LogP contribution in [0.25, 0.3) is 0 Å². The third kappa shape index (κ3) is 1.90. The van der Waals surface area contributed by atoms with Crippen molar-refractivity contribution in [3.63, 3.8) is 0 Å². The molecule has 0 aromatic carbocycles. The minimum atomic E-state index is 0.626. The van der Waals surface area contributed by atoms with Crippen molar-refractivity contribution in [3.05, 3.63) is 40.2 Å². The van der Waals surface area contributed by atoms with Crippen LogP contribution in [0.15, 0.2) is 35.0 Å². The maximum Gasteiger partial charge on any atom is 0.0454 e. The minimum absolute atomic E-state index is 0.626. The first kappa shape index (κ1) is 9.36. The van der Waals surface area contributed by atoms with E-state index in [4.69, 9.17) is 11.6 Å². The van der Waals surface area contributed by atoms with Crippen LogP contribution >= 0.6 is 11.6 Å². The summed E-state index contributed by atoms with van der Waals surface area (Å²) in [5, 5.41) is 11.1. The van der Waals surface area contributed by atoms with Crippen LogP contribution < -0.4 is 5.48 Å². The number of allylic oxidation sites excluding steroid dienone is 5. The first-order chi connectivity index (χ1) is 5.79. The highest BCUT2D eigenvalue weighted by Gasteiger charge is 2.13. The van der Waals surface area contributed by atoms with Crippen molar-refractivity contribution in [1.82, 2.24) is 5.48 Å². The average molecular weight is 185 g/mol. The normalized spacial score (nSPS) is 18.3. The summed E-state index contributed by atoms with van der Waals surface area (Å²) in [5.41, 5.74) is 3.58. The highest BCUT2D eigenvalue weighted by atomic mass is 35.5. The van der Waals surface area contributed by atoms with Crippen molar-refractivity contribution < 1.29 is 0 Å². The SMILES string of the molecule is C=C/C=C(/Cl)C1=C(N[O-])CCC1. The molecule has 1 N–H and O–H groups in total. The number of rotatable bonds is 3. The number of halogens is 1. The molecule has 1 aliphatic carbocycles. The highest BCUT2D eigenvalue weighted by molar-refractivity contribution is 6.32. The molecule has 0 spiro atoms. The highest BCUT2D eigenvalue weighted by Crippen LogP contribution is 2.31. The predicted octanol–water partition coefficient (Wildman–Crippen LogP) is 2.82. The average Bonchev–Trinajstić information content (AvgIpc) is 2.51. The molecular weight excluding hydrogens is 174 g/mol. The van der Waals surface area contributed by atoms with Gasteiger partial charge in [-0.1, -0.05) is 24.3 Å². The van der Waals surface area contributed by atoms with Crippen LogP contribution in [0.5, 0.6) is 0 Å². The lowest BCUT2D eigenvalue weighted by Gasteiger charge is -2.12. The van der Waals surface area contributed by atoms with Gasteiger partial charge in [-0.25, -0.2) is 0 Å². The lowest BCUT2D eigenvalue weighted by molar-refractivity contribution is 0.865. The molecule has 0 aromatic heterocycles. The van der Waals surface area contributed by atoms with Gasteiger partial charge in [-0.2, -0.15) is 0 Å². The summed E-state index contributed by atoms with van der Waals surface area (Å²) in [6.07, 6.45) is 6.02. The molecule has 0 bridgehead atoms. The molecule has 1 rings (SSSR count). The van der Waals surface area contributed by atoms with E-state index in [9.17, 15) is 5.21 Å². The summed E-state index contributed by atoms with van der Waals surface area (Å²) in [7, 11) is 0. The third-order valence-corrected chi connectivity index (χ3v) is 2.25. The fraction of sp³-hybridized carbons (Fsp3) is 0.333. The predicted molar refractivity (Wildman–Crippen MR) is 51.5 cm³/mol. The van der Waals surface area contributed by atoms with E-state index in [1.54, 1.807) is 12.2 Å². The largest absolute Gasteiger partial charge is 0.761 e. The molecule has 0 heterocycles. The molecule has 0 aliphatic heterocycles. The zero-order valence-corrected chi connectivity index (χ0v) is 7.53. The van der Waals surface area contributed by atoms with Crippen LogP contribution in [0.1, 0.15) is 19.3 Å². The molecule has 1 aliphatic rings. The van der Waals surface area contributed by atoms with Gasteiger partial charge in [-0.15, -0.1) is 0 Å². The van der Waals surface area contributed by atoms with E-state index in [2.05, 4.69) is 6.58 Å². The van der Waals surface area contributed by atoms with Crippen molar-refractivity contribution in [2.45, 2.75) is 19.3 Å². The van der Waals surface area contributed by atoms with E-state index in [0.29, 0.717) is 5.03 Å². The zero-order valence-electron chi connectivity index (χ0n) is 6.77. The van der Waals surface area contributed by atoms with Crippen LogP contribution in [-0.2, 0) is 0 Å².